The van der Waals surface area contributed by atoms with E-state index in [0.29, 0.717) is 44.6 Å². The van der Waals surface area contributed by atoms with Crippen LogP contribution in [0.4, 0.5) is 9.18 Å². The maximum absolute atomic E-state index is 14.1. The molecule has 1 saturated carbocycles. The van der Waals surface area contributed by atoms with Gasteiger partial charge in [-0.2, -0.15) is 0 Å². The van der Waals surface area contributed by atoms with E-state index in [1.807, 2.05) is 18.2 Å². The van der Waals surface area contributed by atoms with Crippen molar-refractivity contribution in [2.24, 2.45) is 0 Å². The Bertz CT molecular complexity index is 1090. The number of nitrogens with one attached hydrogen (secondary N) is 1. The topological polar surface area (TPSA) is 73.0 Å². The molecule has 4 amide bonds. The minimum Gasteiger partial charge on any atom is -0.339 e. The van der Waals surface area contributed by atoms with E-state index in [0.717, 1.165) is 40.5 Å². The third-order valence-electron chi connectivity index (χ3n) is 7.15. The van der Waals surface area contributed by atoms with Gasteiger partial charge in [0, 0.05) is 48.0 Å². The molecule has 5 rings (SSSR count). The van der Waals surface area contributed by atoms with E-state index in [2.05, 4.69) is 10.2 Å². The molecule has 1 aromatic heterocycles. The van der Waals surface area contributed by atoms with Crippen LogP contribution in [0.5, 0.6) is 0 Å². The van der Waals surface area contributed by atoms with E-state index in [-0.39, 0.29) is 24.2 Å². The summed E-state index contributed by atoms with van der Waals surface area (Å²) in [6.45, 7) is 3.09. The van der Waals surface area contributed by atoms with Crippen LogP contribution in [0.1, 0.15) is 37.0 Å². The molecule has 3 aliphatic rings. The average Bonchev–Trinajstić information content (AvgIpc) is 3.39. The highest BCUT2D eigenvalue weighted by molar-refractivity contribution is 7.15. The molecule has 3 heterocycles. The SMILES string of the molecule is O=C(CN1C(=O)NC2(CCCCC2)C1=O)N1CCN(Cc2ccc(-c3ccccc3F)s2)CC1. The Hall–Kier alpha value is -2.78. The van der Waals surface area contributed by atoms with Gasteiger partial charge >= 0.3 is 6.03 Å². The first-order valence-electron chi connectivity index (χ1n) is 11.9. The van der Waals surface area contributed by atoms with Crippen molar-refractivity contribution in [2.75, 3.05) is 32.7 Å². The number of amides is 4. The van der Waals surface area contributed by atoms with Gasteiger partial charge in [-0.15, -0.1) is 11.3 Å². The van der Waals surface area contributed by atoms with Crippen LogP contribution < -0.4 is 5.32 Å². The van der Waals surface area contributed by atoms with Crippen molar-refractivity contribution >= 4 is 29.2 Å². The largest absolute Gasteiger partial charge is 0.339 e. The molecule has 2 aliphatic heterocycles. The lowest BCUT2D eigenvalue weighted by molar-refractivity contribution is -0.140. The summed E-state index contributed by atoms with van der Waals surface area (Å²) in [6, 6.07) is 10.3. The second-order valence-corrected chi connectivity index (χ2v) is 10.5. The van der Waals surface area contributed by atoms with Gasteiger partial charge < -0.3 is 10.2 Å². The summed E-state index contributed by atoms with van der Waals surface area (Å²) in [5.41, 5.74) is -0.180. The van der Waals surface area contributed by atoms with Crippen molar-refractivity contribution in [2.45, 2.75) is 44.2 Å². The van der Waals surface area contributed by atoms with Gasteiger partial charge in [-0.05, 0) is 31.0 Å². The molecule has 0 bridgehead atoms. The quantitative estimate of drug-likeness (QED) is 0.660. The number of nitrogens with zero attached hydrogens (tertiary/aromatic N) is 3. The molecule has 1 N–H and O–H groups in total. The van der Waals surface area contributed by atoms with Crippen molar-refractivity contribution in [3.63, 3.8) is 0 Å². The fourth-order valence-corrected chi connectivity index (χ4v) is 6.27. The Morgan fingerprint density at radius 2 is 1.74 bits per heavy atom. The summed E-state index contributed by atoms with van der Waals surface area (Å²) in [4.78, 5) is 45.4. The second-order valence-electron chi connectivity index (χ2n) is 9.37. The van der Waals surface area contributed by atoms with Crippen LogP contribution in [0.15, 0.2) is 36.4 Å². The molecule has 0 radical (unpaired) electrons. The maximum atomic E-state index is 14.1. The van der Waals surface area contributed by atoms with Crippen LogP contribution in [0.3, 0.4) is 0 Å². The molecule has 7 nitrogen and oxygen atoms in total. The van der Waals surface area contributed by atoms with E-state index in [1.54, 1.807) is 28.4 Å². The molecule has 0 unspecified atom stereocenters. The normalized spacial score (nSPS) is 20.7. The predicted octanol–water partition coefficient (Wildman–Crippen LogP) is 3.45. The smallest absolute Gasteiger partial charge is 0.325 e. The number of rotatable bonds is 5. The molecular weight excluding hydrogens is 455 g/mol. The van der Waals surface area contributed by atoms with Gasteiger partial charge in [0.25, 0.3) is 5.91 Å². The lowest BCUT2D eigenvalue weighted by Gasteiger charge is -2.35. The molecular formula is C25H29FN4O3S. The van der Waals surface area contributed by atoms with Gasteiger partial charge in [0.15, 0.2) is 0 Å². The molecule has 2 saturated heterocycles. The Morgan fingerprint density at radius 1 is 1.00 bits per heavy atom. The number of carbonyl (C=O) groups is 3. The first-order valence-corrected chi connectivity index (χ1v) is 12.7. The van der Waals surface area contributed by atoms with Crippen LogP contribution in [0, 0.1) is 5.82 Å². The monoisotopic (exact) mass is 484 g/mol. The van der Waals surface area contributed by atoms with Gasteiger partial charge in [-0.1, -0.05) is 37.5 Å². The first-order chi connectivity index (χ1) is 16.4. The van der Waals surface area contributed by atoms with E-state index < -0.39 is 11.6 Å². The van der Waals surface area contributed by atoms with Crippen LogP contribution in [-0.2, 0) is 16.1 Å². The van der Waals surface area contributed by atoms with Crippen molar-refractivity contribution in [1.82, 2.24) is 20.0 Å². The molecule has 0 atom stereocenters. The zero-order valence-electron chi connectivity index (χ0n) is 19.1. The number of urea groups is 1. The van der Waals surface area contributed by atoms with E-state index in [4.69, 9.17) is 0 Å². The average molecular weight is 485 g/mol. The number of imide groups is 1. The van der Waals surface area contributed by atoms with Crippen LogP contribution >= 0.6 is 11.3 Å². The van der Waals surface area contributed by atoms with Gasteiger partial charge in [0.1, 0.15) is 17.9 Å². The molecule has 2 aromatic rings. The Labute approximate surface area is 202 Å². The summed E-state index contributed by atoms with van der Waals surface area (Å²) < 4.78 is 14.1. The fourth-order valence-electron chi connectivity index (χ4n) is 5.19. The zero-order chi connectivity index (χ0) is 23.7. The third-order valence-corrected chi connectivity index (χ3v) is 8.26. The fraction of sp³-hybridized carbons (Fsp3) is 0.480. The van der Waals surface area contributed by atoms with Crippen LogP contribution in [0.2, 0.25) is 0 Å². The molecule has 1 aromatic carbocycles. The van der Waals surface area contributed by atoms with Crippen molar-refractivity contribution < 1.29 is 18.8 Å². The zero-order valence-corrected chi connectivity index (χ0v) is 19.9. The van der Waals surface area contributed by atoms with Crippen molar-refractivity contribution in [3.05, 3.63) is 47.1 Å². The molecule has 1 spiro atoms. The molecule has 1 aliphatic carbocycles. The Balaban J connectivity index is 1.13. The Morgan fingerprint density at radius 3 is 2.47 bits per heavy atom. The minimum atomic E-state index is -0.795. The van der Waals surface area contributed by atoms with Crippen molar-refractivity contribution in [1.29, 1.82) is 0 Å². The Kier molecular flexibility index (Phi) is 6.40. The number of carbonyl (C=O) groups excluding carboxylic acids is 3. The lowest BCUT2D eigenvalue weighted by atomic mass is 9.82. The molecule has 180 valence electrons. The summed E-state index contributed by atoms with van der Waals surface area (Å²) in [6.07, 6.45) is 4.22. The maximum Gasteiger partial charge on any atom is 0.325 e. The number of piperazine rings is 1. The number of benzene rings is 1. The number of hydrogen-bond acceptors (Lipinski definition) is 5. The predicted molar refractivity (Wildman–Crippen MR) is 128 cm³/mol. The minimum absolute atomic E-state index is 0.186. The highest BCUT2D eigenvalue weighted by Crippen LogP contribution is 2.34. The summed E-state index contributed by atoms with van der Waals surface area (Å²) in [7, 11) is 0. The lowest BCUT2D eigenvalue weighted by Crippen LogP contribution is -2.52. The number of thiophene rings is 1. The van der Waals surface area contributed by atoms with Gasteiger partial charge in [0.2, 0.25) is 5.91 Å². The third kappa shape index (κ3) is 4.46. The van der Waals surface area contributed by atoms with Crippen LogP contribution in [-0.4, -0.2) is 70.8 Å². The van der Waals surface area contributed by atoms with Gasteiger partial charge in [-0.3, -0.25) is 19.4 Å². The summed E-state index contributed by atoms with van der Waals surface area (Å²) in [5.74, 6) is -0.649. The van der Waals surface area contributed by atoms with Crippen LogP contribution in [0.25, 0.3) is 10.4 Å². The summed E-state index contributed by atoms with van der Waals surface area (Å²) >= 11 is 1.58. The highest BCUT2D eigenvalue weighted by atomic mass is 32.1. The van der Waals surface area contributed by atoms with Crippen molar-refractivity contribution in [3.8, 4) is 10.4 Å². The van der Waals surface area contributed by atoms with E-state index >= 15 is 0 Å². The van der Waals surface area contributed by atoms with E-state index in [1.165, 1.54) is 6.07 Å². The molecule has 3 fully saturated rings. The molecule has 34 heavy (non-hydrogen) atoms. The standard InChI is InChI=1S/C25H29FN4O3S/c26-20-7-3-2-6-19(20)21-9-8-18(34-21)16-28-12-14-29(15-13-28)22(31)17-30-23(32)25(27-24(30)33)10-4-1-5-11-25/h2-3,6-9H,1,4-5,10-17H2,(H,27,33). The number of halogens is 1. The van der Waals surface area contributed by atoms with Gasteiger partial charge in [-0.25, -0.2) is 9.18 Å². The highest BCUT2D eigenvalue weighted by Gasteiger charge is 2.51. The van der Waals surface area contributed by atoms with E-state index in [9.17, 15) is 18.8 Å². The van der Waals surface area contributed by atoms with Gasteiger partial charge in [0.05, 0.1) is 0 Å². The second kappa shape index (κ2) is 9.46. The first kappa shape index (κ1) is 23.0. The molecule has 9 heteroatoms. The summed E-state index contributed by atoms with van der Waals surface area (Å²) in [5, 5.41) is 2.87. The number of hydrogen-bond donors (Lipinski definition) is 1.